The molecule has 8 aromatic carbocycles. The van der Waals surface area contributed by atoms with Gasteiger partial charge in [0.1, 0.15) is 11.2 Å². The Morgan fingerprint density at radius 1 is 0.260 bits per heavy atom. The largest absolute Gasteiger partial charge is 0.456 e. The van der Waals surface area contributed by atoms with E-state index >= 15 is 0 Å². The van der Waals surface area contributed by atoms with Gasteiger partial charge in [0.15, 0.2) is 0 Å². The van der Waals surface area contributed by atoms with Gasteiger partial charge in [0.25, 0.3) is 0 Å². The highest BCUT2D eigenvalue weighted by atomic mass is 16.3. The molecule has 0 aliphatic rings. The first kappa shape index (κ1) is 29.5. The summed E-state index contributed by atoms with van der Waals surface area (Å²) in [5.41, 5.74) is 14.6. The lowest BCUT2D eigenvalue weighted by atomic mass is 9.99. The van der Waals surface area contributed by atoms with E-state index in [9.17, 15) is 0 Å². The van der Waals surface area contributed by atoms with Gasteiger partial charge in [-0.1, -0.05) is 146 Å². The average Bonchev–Trinajstić information content (AvgIpc) is 3.58. The van der Waals surface area contributed by atoms with E-state index in [1.165, 1.54) is 33.4 Å². The van der Waals surface area contributed by atoms with Crippen LogP contribution in [0, 0.1) is 0 Å². The summed E-state index contributed by atoms with van der Waals surface area (Å²) in [5, 5.41) is 2.26. The molecular weight excluding hydrogens is 607 g/mol. The summed E-state index contributed by atoms with van der Waals surface area (Å²) in [6.07, 6.45) is 0. The molecule has 0 spiro atoms. The number of furan rings is 1. The van der Waals surface area contributed by atoms with Crippen molar-refractivity contribution in [2.75, 3.05) is 4.90 Å². The minimum Gasteiger partial charge on any atom is -0.456 e. The van der Waals surface area contributed by atoms with Gasteiger partial charge in [0, 0.05) is 27.8 Å². The van der Waals surface area contributed by atoms with Crippen molar-refractivity contribution in [1.82, 2.24) is 0 Å². The second-order valence-electron chi connectivity index (χ2n) is 12.6. The van der Waals surface area contributed by atoms with Crippen molar-refractivity contribution >= 4 is 39.0 Å². The van der Waals surface area contributed by atoms with Crippen molar-refractivity contribution in [2.24, 2.45) is 0 Å². The van der Waals surface area contributed by atoms with Crippen molar-refractivity contribution in [3.05, 3.63) is 200 Å². The van der Waals surface area contributed by atoms with Crippen LogP contribution in [0.2, 0.25) is 0 Å². The normalized spacial score (nSPS) is 11.2. The number of hydrogen-bond acceptors (Lipinski definition) is 2. The lowest BCUT2D eigenvalue weighted by molar-refractivity contribution is 0.669. The molecule has 9 aromatic rings. The molecule has 2 nitrogen and oxygen atoms in total. The fourth-order valence-electron chi connectivity index (χ4n) is 6.90. The first-order valence-electron chi connectivity index (χ1n) is 17.0. The Morgan fingerprint density at radius 3 is 1.26 bits per heavy atom. The maximum Gasteiger partial charge on any atom is 0.135 e. The molecule has 0 amide bonds. The van der Waals surface area contributed by atoms with Gasteiger partial charge < -0.3 is 9.32 Å². The zero-order valence-electron chi connectivity index (χ0n) is 27.4. The molecule has 0 N–H and O–H groups in total. The van der Waals surface area contributed by atoms with E-state index in [1.54, 1.807) is 0 Å². The summed E-state index contributed by atoms with van der Waals surface area (Å²) in [6.45, 7) is 0. The third kappa shape index (κ3) is 5.63. The molecule has 0 fully saturated rings. The van der Waals surface area contributed by atoms with Gasteiger partial charge in [0.05, 0.1) is 0 Å². The summed E-state index contributed by atoms with van der Waals surface area (Å²) in [7, 11) is 0. The van der Waals surface area contributed by atoms with Crippen LogP contribution in [0.25, 0.3) is 66.4 Å². The average molecular weight is 640 g/mol. The molecule has 2 heteroatoms. The molecule has 236 valence electrons. The van der Waals surface area contributed by atoms with Gasteiger partial charge in [-0.25, -0.2) is 0 Å². The van der Waals surface area contributed by atoms with E-state index < -0.39 is 0 Å². The summed E-state index contributed by atoms with van der Waals surface area (Å²) in [5.74, 6) is 0. The van der Waals surface area contributed by atoms with E-state index in [4.69, 9.17) is 4.42 Å². The molecule has 0 aliphatic heterocycles. The van der Waals surface area contributed by atoms with E-state index in [0.717, 1.165) is 50.1 Å². The smallest absolute Gasteiger partial charge is 0.135 e. The van der Waals surface area contributed by atoms with Crippen molar-refractivity contribution in [1.29, 1.82) is 0 Å². The molecule has 0 saturated carbocycles. The van der Waals surface area contributed by atoms with Gasteiger partial charge >= 0.3 is 0 Å². The molecule has 0 atom stereocenters. The predicted octanol–water partition coefficient (Wildman–Crippen LogP) is 13.7. The van der Waals surface area contributed by atoms with E-state index in [2.05, 4.69) is 193 Å². The predicted molar refractivity (Wildman–Crippen MR) is 210 cm³/mol. The van der Waals surface area contributed by atoms with Crippen LogP contribution < -0.4 is 4.90 Å². The van der Waals surface area contributed by atoms with Crippen LogP contribution in [-0.4, -0.2) is 0 Å². The Labute approximate surface area is 292 Å². The number of rotatable bonds is 7. The molecule has 0 bridgehead atoms. The second kappa shape index (κ2) is 12.8. The molecule has 50 heavy (non-hydrogen) atoms. The number of hydrogen-bond donors (Lipinski definition) is 0. The monoisotopic (exact) mass is 639 g/mol. The maximum atomic E-state index is 6.12. The van der Waals surface area contributed by atoms with Crippen LogP contribution in [0.15, 0.2) is 205 Å². The molecule has 0 saturated heterocycles. The fraction of sp³-hybridized carbons (Fsp3) is 0. The van der Waals surface area contributed by atoms with Crippen molar-refractivity contribution < 1.29 is 4.42 Å². The number of para-hydroxylation sites is 1. The Balaban J connectivity index is 1.09. The highest BCUT2D eigenvalue weighted by Crippen LogP contribution is 2.39. The molecule has 9 rings (SSSR count). The van der Waals surface area contributed by atoms with Crippen LogP contribution >= 0.6 is 0 Å². The minimum atomic E-state index is 0.904. The molecular formula is C48H33NO. The van der Waals surface area contributed by atoms with Crippen molar-refractivity contribution in [3.63, 3.8) is 0 Å². The Hall–Kier alpha value is -6.64. The van der Waals surface area contributed by atoms with Crippen molar-refractivity contribution in [2.45, 2.75) is 0 Å². The van der Waals surface area contributed by atoms with Crippen molar-refractivity contribution in [3.8, 4) is 44.5 Å². The van der Waals surface area contributed by atoms with E-state index in [1.807, 2.05) is 12.1 Å². The highest BCUT2D eigenvalue weighted by Gasteiger charge is 2.15. The number of fused-ring (bicyclic) bond motifs is 3. The summed E-state index contributed by atoms with van der Waals surface area (Å²) >= 11 is 0. The van der Waals surface area contributed by atoms with Crippen LogP contribution in [0.1, 0.15) is 0 Å². The molecule has 0 aliphatic carbocycles. The van der Waals surface area contributed by atoms with Gasteiger partial charge in [-0.05, 0) is 99.1 Å². The zero-order valence-corrected chi connectivity index (χ0v) is 27.4. The standard InChI is InChI=1S/C48H33NO/c1-3-10-34(11-4-1)36-18-20-37(21-19-36)39-24-29-43(30-25-39)49(42-27-22-38(23-28-42)35-12-5-2-6-13-35)44-15-9-14-40(32-44)41-26-31-48-46(33-41)45-16-7-8-17-47(45)50-48/h1-33H. The minimum absolute atomic E-state index is 0.904. The number of anilines is 3. The number of nitrogens with zero attached hydrogens (tertiary/aromatic N) is 1. The van der Waals surface area contributed by atoms with Crippen LogP contribution in [0.5, 0.6) is 0 Å². The van der Waals surface area contributed by atoms with Gasteiger partial charge in [-0.15, -0.1) is 0 Å². The van der Waals surface area contributed by atoms with Gasteiger partial charge in [-0.2, -0.15) is 0 Å². The molecule has 1 aromatic heterocycles. The lowest BCUT2D eigenvalue weighted by Gasteiger charge is -2.26. The van der Waals surface area contributed by atoms with E-state index in [0.29, 0.717) is 0 Å². The topological polar surface area (TPSA) is 16.4 Å². The molecule has 0 unspecified atom stereocenters. The molecule has 1 heterocycles. The van der Waals surface area contributed by atoms with Crippen LogP contribution in [-0.2, 0) is 0 Å². The third-order valence-corrected chi connectivity index (χ3v) is 9.50. The number of benzene rings is 8. The van der Waals surface area contributed by atoms with Gasteiger partial charge in [0.2, 0.25) is 0 Å². The first-order chi connectivity index (χ1) is 24.8. The summed E-state index contributed by atoms with van der Waals surface area (Å²) in [4.78, 5) is 2.34. The highest BCUT2D eigenvalue weighted by molar-refractivity contribution is 6.06. The Bertz CT molecular complexity index is 2550. The fourth-order valence-corrected chi connectivity index (χ4v) is 6.90. The van der Waals surface area contributed by atoms with Crippen LogP contribution in [0.4, 0.5) is 17.1 Å². The Morgan fingerprint density at radius 2 is 0.680 bits per heavy atom. The zero-order chi connectivity index (χ0) is 33.3. The SMILES string of the molecule is c1ccc(-c2ccc(-c3ccc(N(c4ccc(-c5ccccc5)cc4)c4cccc(-c5ccc6oc7ccccc7c6c5)c4)cc3)cc2)cc1. The third-order valence-electron chi connectivity index (χ3n) is 9.50. The maximum absolute atomic E-state index is 6.12. The first-order valence-corrected chi connectivity index (χ1v) is 17.0. The van der Waals surface area contributed by atoms with Gasteiger partial charge in [-0.3, -0.25) is 0 Å². The summed E-state index contributed by atoms with van der Waals surface area (Å²) in [6, 6.07) is 71.2. The second-order valence-corrected chi connectivity index (χ2v) is 12.6. The Kier molecular flexibility index (Phi) is 7.53. The quantitative estimate of drug-likeness (QED) is 0.173. The summed E-state index contributed by atoms with van der Waals surface area (Å²) < 4.78 is 6.12. The molecule has 0 radical (unpaired) electrons. The lowest BCUT2D eigenvalue weighted by Crippen LogP contribution is -2.10. The van der Waals surface area contributed by atoms with Crippen LogP contribution in [0.3, 0.4) is 0 Å². The van der Waals surface area contributed by atoms with E-state index in [-0.39, 0.29) is 0 Å².